The summed E-state index contributed by atoms with van der Waals surface area (Å²) < 4.78 is 44.2. The number of ether oxygens (including phenoxy) is 3. The zero-order valence-corrected chi connectivity index (χ0v) is 85.6. The monoisotopic (exact) mass is 1860 g/mol. The van der Waals surface area contributed by atoms with Gasteiger partial charge in [-0.3, -0.25) is 9.97 Å². The molecule has 0 aromatic carbocycles. The van der Waals surface area contributed by atoms with Gasteiger partial charge >= 0.3 is 0 Å². The fourth-order valence-electron chi connectivity index (χ4n) is 20.8. The maximum Gasteiger partial charge on any atom is 0.140 e. The van der Waals surface area contributed by atoms with E-state index in [0.29, 0.717) is 0 Å². The van der Waals surface area contributed by atoms with Gasteiger partial charge in [0.25, 0.3) is 0 Å². The third-order valence-electron chi connectivity index (χ3n) is 28.3. The third kappa shape index (κ3) is 27.2. The molecule has 0 N–H and O–H groups in total. The average Bonchev–Trinajstić information content (AvgIpc) is 1.58. The summed E-state index contributed by atoms with van der Waals surface area (Å²) in [7, 11) is 0. The minimum Gasteiger partial charge on any atom is -0.481 e. The van der Waals surface area contributed by atoms with Crippen LogP contribution in [0.3, 0.4) is 0 Å². The third-order valence-corrected chi connectivity index (χ3v) is 36.3. The number of hydrogen-bond acceptors (Lipinski definition) is 17. The van der Waals surface area contributed by atoms with E-state index in [-0.39, 0.29) is 11.2 Å². The van der Waals surface area contributed by atoms with E-state index in [1.54, 1.807) is 0 Å². The maximum atomic E-state index is 8.03. The van der Waals surface area contributed by atoms with Crippen LogP contribution in [0.25, 0.3) is 93.4 Å². The van der Waals surface area contributed by atoms with Gasteiger partial charge in [-0.25, -0.2) is 0 Å². The molecule has 0 saturated carbocycles. The molecule has 126 heavy (non-hydrogen) atoms. The van der Waals surface area contributed by atoms with Gasteiger partial charge in [0.05, 0.1) is 62.5 Å². The first-order valence-corrected chi connectivity index (χ1v) is 58.8. The van der Waals surface area contributed by atoms with Crippen LogP contribution >= 0.6 is 91.5 Å². The average molecular weight is 1860 g/mol. The molecule has 0 aliphatic carbocycles. The first kappa shape index (κ1) is 99.0. The molecule has 9 nitrogen and oxygen atoms in total. The topological polar surface area (TPSA) is 105 Å². The van der Waals surface area contributed by atoms with Crippen molar-refractivity contribution in [1.82, 2.24) is 27.5 Å². The molecule has 0 atom stereocenters. The van der Waals surface area contributed by atoms with Crippen molar-refractivity contribution < 1.29 is 14.2 Å². The van der Waals surface area contributed by atoms with Crippen molar-refractivity contribution in [2.24, 2.45) is 0 Å². The SMILES string of the molecule is CCCCCCCCCCCCC1(CCCCCCCCCCCC)Oc2cc(-c3cnc(-c4cc5c(s4)-c4sccc4OC5(CCCCCCCCCCCC)CCCCCCCCCCCC)c4nsnc34)sc2-c2sc(-c3cnc(-c4cc5c(s4)-c4sccc4OC5(CCCCCCCCCCCC)CCCCCCCCCCCC)c4nsnc34)cc21. The fourth-order valence-corrected chi connectivity index (χ4v) is 28.9. The Morgan fingerprint density at radius 2 is 0.468 bits per heavy atom. The number of hydrogen-bond donors (Lipinski definition) is 0. The largest absolute Gasteiger partial charge is 0.481 e. The molecular formula is C109H160N6O3S8. The molecule has 0 bridgehead atoms. The van der Waals surface area contributed by atoms with Crippen LogP contribution in [0.5, 0.6) is 17.2 Å². The Labute approximate surface area is 795 Å². The summed E-state index contributed by atoms with van der Waals surface area (Å²) in [6.07, 6.45) is 89.6. The lowest BCUT2D eigenvalue weighted by atomic mass is 9.81. The van der Waals surface area contributed by atoms with E-state index in [1.807, 2.05) is 68.0 Å². The molecule has 0 spiro atoms. The van der Waals surface area contributed by atoms with Gasteiger partial charge in [-0.2, -0.15) is 17.5 Å². The molecule has 13 heterocycles. The minimum atomic E-state index is -0.504. The number of aromatic nitrogens is 6. The van der Waals surface area contributed by atoms with Crippen molar-refractivity contribution in [2.45, 2.75) is 482 Å². The van der Waals surface area contributed by atoms with Crippen LogP contribution in [0.15, 0.2) is 59.6 Å². The van der Waals surface area contributed by atoms with Crippen molar-refractivity contribution >= 4 is 114 Å². The molecule has 3 aliphatic heterocycles. The molecule has 13 rings (SSSR count). The van der Waals surface area contributed by atoms with Crippen LogP contribution in [0, 0.1) is 0 Å². The smallest absolute Gasteiger partial charge is 0.140 e. The van der Waals surface area contributed by atoms with Gasteiger partial charge in [0.15, 0.2) is 0 Å². The Balaban J connectivity index is 0.821. The number of fused-ring (bicyclic) bond motifs is 11. The number of rotatable bonds is 70. The van der Waals surface area contributed by atoms with E-state index in [4.69, 9.17) is 41.7 Å². The molecule has 692 valence electrons. The van der Waals surface area contributed by atoms with E-state index in [2.05, 4.69) is 101 Å². The Morgan fingerprint density at radius 1 is 0.238 bits per heavy atom. The van der Waals surface area contributed by atoms with Crippen molar-refractivity contribution in [3.8, 4) is 88.5 Å². The van der Waals surface area contributed by atoms with Crippen LogP contribution in [0.1, 0.15) is 482 Å². The zero-order valence-electron chi connectivity index (χ0n) is 79.1. The lowest BCUT2D eigenvalue weighted by molar-refractivity contribution is 0.0395. The van der Waals surface area contributed by atoms with Gasteiger partial charge in [-0.15, -0.1) is 68.0 Å². The Kier molecular flexibility index (Phi) is 42.5. The summed E-state index contributed by atoms with van der Waals surface area (Å²) in [4.78, 5) is 23.7. The molecule has 0 saturated heterocycles. The molecule has 17 heteroatoms. The van der Waals surface area contributed by atoms with Gasteiger partial charge in [0.2, 0.25) is 0 Å². The summed E-state index contributed by atoms with van der Waals surface area (Å²) in [5.74, 6) is 3.14. The van der Waals surface area contributed by atoms with E-state index >= 15 is 0 Å². The van der Waals surface area contributed by atoms with Crippen molar-refractivity contribution in [1.29, 1.82) is 0 Å². The normalized spacial score (nSPS) is 14.0. The summed E-state index contributed by atoms with van der Waals surface area (Å²) in [6, 6.07) is 14.5. The Bertz CT molecular complexity index is 4640. The molecule has 3 aliphatic rings. The molecule has 0 unspecified atom stereocenters. The summed E-state index contributed by atoms with van der Waals surface area (Å²) in [5.41, 5.74) is 10.5. The number of pyridine rings is 2. The quantitative estimate of drug-likeness (QED) is 0.0345. The second kappa shape index (κ2) is 54.0. The van der Waals surface area contributed by atoms with Crippen LogP contribution in [0.2, 0.25) is 0 Å². The molecule has 0 amide bonds. The lowest BCUT2D eigenvalue weighted by Gasteiger charge is -2.38. The highest BCUT2D eigenvalue weighted by Crippen LogP contribution is 2.62. The predicted octanol–water partition coefficient (Wildman–Crippen LogP) is 40.2. The molecular weight excluding hydrogens is 1700 g/mol. The summed E-state index contributed by atoms with van der Waals surface area (Å²) >= 11 is 13.9. The van der Waals surface area contributed by atoms with Crippen molar-refractivity contribution in [3.05, 3.63) is 76.2 Å². The minimum absolute atomic E-state index is 0.380. The fraction of sp³-hybridized carbons (Fsp3) is 0.688. The Morgan fingerprint density at radius 3 is 0.762 bits per heavy atom. The van der Waals surface area contributed by atoms with E-state index in [1.165, 1.54) is 452 Å². The van der Waals surface area contributed by atoms with Gasteiger partial charge < -0.3 is 14.2 Å². The highest BCUT2D eigenvalue weighted by molar-refractivity contribution is 7.26. The predicted molar refractivity (Wildman–Crippen MR) is 555 cm³/mol. The molecule has 10 aromatic heterocycles. The lowest BCUT2D eigenvalue weighted by Crippen LogP contribution is -2.35. The van der Waals surface area contributed by atoms with Gasteiger partial charge in [-0.1, -0.05) is 388 Å². The van der Waals surface area contributed by atoms with E-state index < -0.39 is 5.60 Å². The zero-order chi connectivity index (χ0) is 87.1. The Hall–Kier alpha value is -4.46. The van der Waals surface area contributed by atoms with Crippen molar-refractivity contribution in [3.63, 3.8) is 0 Å². The van der Waals surface area contributed by atoms with Crippen LogP contribution in [-0.2, 0) is 16.8 Å². The first-order valence-electron chi connectivity index (χ1n) is 52.3. The van der Waals surface area contributed by atoms with Gasteiger partial charge in [0, 0.05) is 50.0 Å². The standard InChI is InChI=1S/C109H160N6O3S8/c1-7-13-19-25-31-37-43-49-55-61-69-107(70-62-56-50-44-38-32-26-20-14-8-2)86-78-93(123-101(86)104-88(116-107)67-75-119-104)97-99-95(112-125-114-99)83(81-110-97)91-77-85-103(121-91)106-90(118-109(85,73-65-59-53-47-41-35-29-23-17-11-5)74-66-60-54-48-42-36-30-24-18-12-6)80-92(122-106)84-82-111-98(100-96(84)113-126-115-100)94-79-87-102(124-94)105-89(68-76-120-105)117-108(87,71-63-57-51-45-39-33-27-21-15-9-3)72-64-58-52-46-40-34-28-22-16-10-4/h67-68,75-82H,7-66,69-74H2,1-6H3. The number of nitrogens with zero attached hydrogens (tertiary/aromatic N) is 6. The molecule has 0 fully saturated rings. The molecule has 10 aromatic rings. The van der Waals surface area contributed by atoms with Crippen molar-refractivity contribution in [2.75, 3.05) is 0 Å². The maximum absolute atomic E-state index is 8.03. The highest BCUT2D eigenvalue weighted by atomic mass is 32.1. The first-order chi connectivity index (χ1) is 62.3. The van der Waals surface area contributed by atoms with E-state index in [9.17, 15) is 0 Å². The van der Waals surface area contributed by atoms with E-state index in [0.717, 1.165) is 123 Å². The summed E-state index contributed by atoms with van der Waals surface area (Å²) in [5, 5.41) is 4.51. The molecule has 0 radical (unpaired) electrons. The van der Waals surface area contributed by atoms with Crippen LogP contribution < -0.4 is 14.2 Å². The second-order valence-electron chi connectivity index (χ2n) is 38.4. The van der Waals surface area contributed by atoms with Gasteiger partial charge in [-0.05, 0) is 124 Å². The number of thiophene rings is 6. The highest BCUT2D eigenvalue weighted by Gasteiger charge is 2.47. The summed E-state index contributed by atoms with van der Waals surface area (Å²) in [6.45, 7) is 13.9. The van der Waals surface area contributed by atoms with Crippen LogP contribution in [0.4, 0.5) is 0 Å². The number of unbranched alkanes of at least 4 members (excludes halogenated alkanes) is 54. The van der Waals surface area contributed by atoms with Crippen LogP contribution in [-0.4, -0.2) is 27.5 Å². The van der Waals surface area contributed by atoms with Gasteiger partial charge in [0.1, 0.15) is 67.5 Å². The second-order valence-corrected chi connectivity index (χ2v) is 45.5.